The molecule has 0 fully saturated rings. The Kier molecular flexibility index (Phi) is 7.51. The van der Waals surface area contributed by atoms with E-state index in [0.29, 0.717) is 6.54 Å². The third kappa shape index (κ3) is 5.93. The van der Waals surface area contributed by atoms with Crippen LogP contribution in [0, 0.1) is 0 Å². The molecular formula is C16H22N4OS2. The molecule has 5 nitrogen and oxygen atoms in total. The van der Waals surface area contributed by atoms with Crippen LogP contribution in [0.3, 0.4) is 0 Å². The van der Waals surface area contributed by atoms with Crippen LogP contribution in [-0.4, -0.2) is 40.5 Å². The van der Waals surface area contributed by atoms with Crippen LogP contribution in [0.4, 0.5) is 0 Å². The van der Waals surface area contributed by atoms with Gasteiger partial charge in [-0.25, -0.2) is 4.98 Å². The van der Waals surface area contributed by atoms with Gasteiger partial charge in [0, 0.05) is 36.3 Å². The zero-order valence-electron chi connectivity index (χ0n) is 13.2. The molecule has 3 N–H and O–H groups in total. The number of hydrogen-bond donors (Lipinski definition) is 2. The topological polar surface area (TPSA) is 80.9 Å². The Morgan fingerprint density at radius 2 is 2.22 bits per heavy atom. The summed E-state index contributed by atoms with van der Waals surface area (Å²) in [5, 5.41) is 6.03. The fraction of sp³-hybridized carbons (Fsp3) is 0.438. The van der Waals surface area contributed by atoms with E-state index in [4.69, 9.17) is 5.73 Å². The van der Waals surface area contributed by atoms with Gasteiger partial charge in [-0.1, -0.05) is 0 Å². The van der Waals surface area contributed by atoms with E-state index >= 15 is 0 Å². The first-order valence-corrected chi connectivity index (χ1v) is 9.85. The number of nitrogens with two attached hydrogens (primary N) is 1. The van der Waals surface area contributed by atoms with Gasteiger partial charge in [0.05, 0.1) is 16.7 Å². The van der Waals surface area contributed by atoms with Crippen molar-refractivity contribution in [3.8, 4) is 11.3 Å². The molecule has 0 aliphatic rings. The van der Waals surface area contributed by atoms with Gasteiger partial charge < -0.3 is 11.1 Å². The lowest BCUT2D eigenvalue weighted by Gasteiger charge is -2.11. The second kappa shape index (κ2) is 9.64. The summed E-state index contributed by atoms with van der Waals surface area (Å²) in [6.45, 7) is 0.635. The van der Waals surface area contributed by atoms with Crippen molar-refractivity contribution in [1.82, 2.24) is 15.3 Å². The van der Waals surface area contributed by atoms with Crippen LogP contribution in [0.2, 0.25) is 0 Å². The van der Waals surface area contributed by atoms with Crippen LogP contribution < -0.4 is 11.1 Å². The van der Waals surface area contributed by atoms with E-state index in [-0.39, 0.29) is 5.91 Å². The number of carbonyl (C=O) groups is 1. The lowest BCUT2D eigenvalue weighted by Crippen LogP contribution is -2.41. The number of aryl methyl sites for hydroxylation is 1. The quantitative estimate of drug-likeness (QED) is 0.679. The summed E-state index contributed by atoms with van der Waals surface area (Å²) in [6, 6.07) is 3.50. The normalized spacial score (nSPS) is 12.1. The fourth-order valence-electron chi connectivity index (χ4n) is 2.04. The number of amides is 1. The smallest absolute Gasteiger partial charge is 0.236 e. The van der Waals surface area contributed by atoms with Gasteiger partial charge >= 0.3 is 0 Å². The maximum atomic E-state index is 11.8. The molecule has 2 aromatic heterocycles. The molecule has 0 saturated carbocycles. The second-order valence-corrected chi connectivity index (χ2v) is 7.07. The van der Waals surface area contributed by atoms with Gasteiger partial charge in [-0.05, 0) is 37.0 Å². The Balaban J connectivity index is 1.71. The number of aromatic nitrogens is 2. The van der Waals surface area contributed by atoms with Crippen molar-refractivity contribution >= 4 is 29.0 Å². The van der Waals surface area contributed by atoms with Crippen LogP contribution in [-0.2, 0) is 11.2 Å². The van der Waals surface area contributed by atoms with Crippen molar-refractivity contribution in [2.75, 3.05) is 18.6 Å². The number of rotatable bonds is 9. The molecule has 0 aliphatic carbocycles. The Bertz CT molecular complexity index is 603. The molecule has 0 bridgehead atoms. The minimum absolute atomic E-state index is 0.0596. The highest BCUT2D eigenvalue weighted by Crippen LogP contribution is 2.21. The molecule has 1 atom stereocenters. The number of carbonyl (C=O) groups excluding carboxylic acids is 1. The molecule has 2 aromatic rings. The molecule has 0 radical (unpaired) electrons. The molecule has 124 valence electrons. The average molecular weight is 351 g/mol. The molecule has 0 saturated heterocycles. The standard InChI is InChI=1S/C16H22N4OS2/c1-22-10-6-13(17)16(21)19-7-2-3-15-20-14(11-23-15)12-4-8-18-9-5-12/h4-5,8-9,11,13H,2-3,6-7,10,17H2,1H3,(H,19,21)/t13-/m0/s1. The predicted molar refractivity (Wildman–Crippen MR) is 97.7 cm³/mol. The first-order valence-electron chi connectivity index (χ1n) is 7.57. The Morgan fingerprint density at radius 3 is 2.96 bits per heavy atom. The summed E-state index contributed by atoms with van der Waals surface area (Å²) in [5.74, 6) is 0.849. The number of nitrogens with one attached hydrogen (secondary N) is 1. The van der Waals surface area contributed by atoms with E-state index in [9.17, 15) is 4.79 Å². The van der Waals surface area contributed by atoms with E-state index in [1.807, 2.05) is 18.4 Å². The van der Waals surface area contributed by atoms with Crippen molar-refractivity contribution in [1.29, 1.82) is 0 Å². The van der Waals surface area contributed by atoms with Crippen LogP contribution in [0.15, 0.2) is 29.9 Å². The minimum atomic E-state index is -0.402. The van der Waals surface area contributed by atoms with Gasteiger partial charge in [0.2, 0.25) is 5.91 Å². The van der Waals surface area contributed by atoms with E-state index in [2.05, 4.69) is 20.7 Å². The Morgan fingerprint density at radius 1 is 1.43 bits per heavy atom. The van der Waals surface area contributed by atoms with Crippen molar-refractivity contribution < 1.29 is 4.79 Å². The zero-order chi connectivity index (χ0) is 16.5. The fourth-order valence-corrected chi connectivity index (χ4v) is 3.38. The van der Waals surface area contributed by atoms with Gasteiger partial charge in [0.25, 0.3) is 0 Å². The van der Waals surface area contributed by atoms with Crippen molar-refractivity contribution in [2.24, 2.45) is 5.73 Å². The molecule has 0 aliphatic heterocycles. The highest BCUT2D eigenvalue weighted by molar-refractivity contribution is 7.98. The SMILES string of the molecule is CSCC[C@H](N)C(=O)NCCCc1nc(-c2ccncc2)cs1. The summed E-state index contributed by atoms with van der Waals surface area (Å²) < 4.78 is 0. The maximum Gasteiger partial charge on any atom is 0.236 e. The summed E-state index contributed by atoms with van der Waals surface area (Å²) in [4.78, 5) is 20.4. The number of pyridine rings is 1. The van der Waals surface area contributed by atoms with Crippen molar-refractivity contribution in [3.63, 3.8) is 0 Å². The molecule has 2 heterocycles. The summed E-state index contributed by atoms with van der Waals surface area (Å²) in [7, 11) is 0. The molecule has 23 heavy (non-hydrogen) atoms. The van der Waals surface area contributed by atoms with Crippen molar-refractivity contribution in [3.05, 3.63) is 34.9 Å². The van der Waals surface area contributed by atoms with Crippen molar-refractivity contribution in [2.45, 2.75) is 25.3 Å². The lowest BCUT2D eigenvalue weighted by molar-refractivity contribution is -0.122. The molecule has 7 heteroatoms. The summed E-state index contributed by atoms with van der Waals surface area (Å²) in [6.07, 6.45) is 7.99. The van der Waals surface area contributed by atoms with E-state index in [0.717, 1.165) is 41.3 Å². The molecule has 0 unspecified atom stereocenters. The monoisotopic (exact) mass is 350 g/mol. The van der Waals surface area contributed by atoms with Crippen LogP contribution in [0.25, 0.3) is 11.3 Å². The van der Waals surface area contributed by atoms with E-state index in [1.54, 1.807) is 35.5 Å². The number of nitrogens with zero attached hydrogens (tertiary/aromatic N) is 2. The third-order valence-electron chi connectivity index (χ3n) is 3.36. The highest BCUT2D eigenvalue weighted by Gasteiger charge is 2.12. The zero-order valence-corrected chi connectivity index (χ0v) is 14.8. The van der Waals surface area contributed by atoms with Gasteiger partial charge in [-0.2, -0.15) is 11.8 Å². The maximum absolute atomic E-state index is 11.8. The van der Waals surface area contributed by atoms with E-state index < -0.39 is 6.04 Å². The predicted octanol–water partition coefficient (Wildman–Crippen LogP) is 2.33. The number of thioether (sulfide) groups is 1. The summed E-state index contributed by atoms with van der Waals surface area (Å²) in [5.41, 5.74) is 7.88. The molecule has 0 spiro atoms. The third-order valence-corrected chi connectivity index (χ3v) is 4.92. The van der Waals surface area contributed by atoms with Gasteiger partial charge in [-0.15, -0.1) is 11.3 Å². The highest BCUT2D eigenvalue weighted by atomic mass is 32.2. The van der Waals surface area contributed by atoms with Crippen LogP contribution in [0.5, 0.6) is 0 Å². The first kappa shape index (κ1) is 17.9. The van der Waals surface area contributed by atoms with Crippen LogP contribution in [0.1, 0.15) is 17.8 Å². The summed E-state index contributed by atoms with van der Waals surface area (Å²) >= 11 is 3.35. The largest absolute Gasteiger partial charge is 0.355 e. The van der Waals surface area contributed by atoms with E-state index in [1.165, 1.54) is 0 Å². The van der Waals surface area contributed by atoms with Gasteiger partial charge in [0.1, 0.15) is 0 Å². The number of hydrogen-bond acceptors (Lipinski definition) is 6. The van der Waals surface area contributed by atoms with Gasteiger partial charge in [-0.3, -0.25) is 9.78 Å². The second-order valence-electron chi connectivity index (χ2n) is 5.14. The molecular weight excluding hydrogens is 328 g/mol. The molecule has 2 rings (SSSR count). The minimum Gasteiger partial charge on any atom is -0.355 e. The lowest BCUT2D eigenvalue weighted by atomic mass is 10.2. The first-order chi connectivity index (χ1) is 11.2. The average Bonchev–Trinajstić information content (AvgIpc) is 3.06. The molecule has 1 amide bonds. The van der Waals surface area contributed by atoms with Crippen LogP contribution >= 0.6 is 23.1 Å². The Labute approximate surface area is 145 Å². The number of thiazole rings is 1. The van der Waals surface area contributed by atoms with Gasteiger partial charge in [0.15, 0.2) is 0 Å². The molecule has 0 aromatic carbocycles. The Hall–Kier alpha value is -1.44.